The van der Waals surface area contributed by atoms with Crippen molar-refractivity contribution >= 4 is 11.9 Å². The fourth-order valence-corrected chi connectivity index (χ4v) is 2.57. The van der Waals surface area contributed by atoms with Crippen LogP contribution in [0.2, 0.25) is 0 Å². The third-order valence-electron chi connectivity index (χ3n) is 3.54. The Kier molecular flexibility index (Phi) is 3.43. The Bertz CT molecular complexity index is 283. The molecular weight excluding hydrogens is 208 g/mol. The molecule has 2 heterocycles. The van der Waals surface area contributed by atoms with Gasteiger partial charge in [0.25, 0.3) is 0 Å². The van der Waals surface area contributed by atoms with Gasteiger partial charge in [-0.2, -0.15) is 0 Å². The van der Waals surface area contributed by atoms with Crippen molar-refractivity contribution in [3.63, 3.8) is 0 Å². The molecule has 0 unspecified atom stereocenters. The largest absolute Gasteiger partial charge is 0.465 e. The van der Waals surface area contributed by atoms with Crippen molar-refractivity contribution in [2.24, 2.45) is 0 Å². The van der Waals surface area contributed by atoms with Gasteiger partial charge in [-0.05, 0) is 12.8 Å². The maximum Gasteiger partial charge on any atom is 0.407 e. The molecule has 2 saturated heterocycles. The molecule has 0 aromatic rings. The molecule has 2 aliphatic heterocycles. The van der Waals surface area contributed by atoms with E-state index in [1.165, 1.54) is 4.90 Å². The fraction of sp³-hybridized carbons (Fsp3) is 0.818. The first-order valence-electron chi connectivity index (χ1n) is 5.90. The number of amides is 1. The van der Waals surface area contributed by atoms with E-state index in [4.69, 9.17) is 5.11 Å². The van der Waals surface area contributed by atoms with Gasteiger partial charge in [0.1, 0.15) is 5.78 Å². The van der Waals surface area contributed by atoms with Gasteiger partial charge in [0.15, 0.2) is 0 Å². The first-order valence-corrected chi connectivity index (χ1v) is 5.90. The fourth-order valence-electron chi connectivity index (χ4n) is 2.57. The van der Waals surface area contributed by atoms with Crippen LogP contribution in [0, 0.1) is 0 Å². The second kappa shape index (κ2) is 4.82. The predicted octanol–water partition coefficient (Wildman–Crippen LogP) is 0.794. The van der Waals surface area contributed by atoms with E-state index in [0.29, 0.717) is 37.8 Å². The molecule has 0 aliphatic carbocycles. The first kappa shape index (κ1) is 11.4. The number of nitrogens with zero attached hydrogens (tertiary/aromatic N) is 2. The highest BCUT2D eigenvalue weighted by molar-refractivity contribution is 5.79. The van der Waals surface area contributed by atoms with E-state index in [2.05, 4.69) is 4.90 Å². The quantitative estimate of drug-likeness (QED) is 0.718. The smallest absolute Gasteiger partial charge is 0.407 e. The minimum Gasteiger partial charge on any atom is -0.465 e. The van der Waals surface area contributed by atoms with E-state index in [9.17, 15) is 9.59 Å². The number of carbonyl (C=O) groups is 2. The molecule has 2 fully saturated rings. The number of piperidine rings is 2. The lowest BCUT2D eigenvalue weighted by atomic mass is 10.0. The molecule has 0 spiro atoms. The van der Waals surface area contributed by atoms with Crippen LogP contribution < -0.4 is 0 Å². The van der Waals surface area contributed by atoms with Crippen molar-refractivity contribution in [1.82, 2.24) is 9.80 Å². The molecule has 2 aliphatic rings. The predicted molar refractivity (Wildman–Crippen MR) is 58.4 cm³/mol. The van der Waals surface area contributed by atoms with E-state index in [0.717, 1.165) is 25.9 Å². The molecule has 5 nitrogen and oxygen atoms in total. The van der Waals surface area contributed by atoms with Crippen molar-refractivity contribution in [3.8, 4) is 0 Å². The van der Waals surface area contributed by atoms with Crippen LogP contribution in [0.3, 0.4) is 0 Å². The van der Waals surface area contributed by atoms with Crippen LogP contribution in [0.5, 0.6) is 0 Å². The zero-order valence-electron chi connectivity index (χ0n) is 9.39. The van der Waals surface area contributed by atoms with Crippen molar-refractivity contribution < 1.29 is 14.7 Å². The second-order valence-corrected chi connectivity index (χ2v) is 4.60. The molecule has 5 heteroatoms. The highest BCUT2D eigenvalue weighted by Gasteiger charge is 2.29. The molecule has 0 bridgehead atoms. The monoisotopic (exact) mass is 226 g/mol. The zero-order valence-corrected chi connectivity index (χ0v) is 9.39. The average molecular weight is 226 g/mol. The summed E-state index contributed by atoms with van der Waals surface area (Å²) in [6.07, 6.45) is 2.42. The van der Waals surface area contributed by atoms with Gasteiger partial charge in [-0.1, -0.05) is 0 Å². The van der Waals surface area contributed by atoms with Gasteiger partial charge in [-0.25, -0.2) is 4.79 Å². The van der Waals surface area contributed by atoms with Crippen LogP contribution in [0.15, 0.2) is 0 Å². The Morgan fingerprint density at radius 1 is 1.25 bits per heavy atom. The van der Waals surface area contributed by atoms with Crippen molar-refractivity contribution in [1.29, 1.82) is 0 Å². The van der Waals surface area contributed by atoms with Crippen LogP contribution in [0.25, 0.3) is 0 Å². The Morgan fingerprint density at radius 2 is 1.94 bits per heavy atom. The molecule has 90 valence electrons. The minimum atomic E-state index is -0.821. The van der Waals surface area contributed by atoms with E-state index >= 15 is 0 Å². The van der Waals surface area contributed by atoms with Crippen LogP contribution in [-0.4, -0.2) is 59.0 Å². The molecule has 0 saturated carbocycles. The molecule has 2 rings (SSSR count). The topological polar surface area (TPSA) is 60.9 Å². The van der Waals surface area contributed by atoms with Gasteiger partial charge in [-0.15, -0.1) is 0 Å². The SMILES string of the molecule is O=C1CCN([C@H]2CCCN(C(=O)O)C2)CC1. The lowest BCUT2D eigenvalue weighted by Gasteiger charge is -2.39. The average Bonchev–Trinajstić information content (AvgIpc) is 2.30. The number of likely N-dealkylation sites (tertiary alicyclic amines) is 2. The van der Waals surface area contributed by atoms with Gasteiger partial charge < -0.3 is 10.0 Å². The van der Waals surface area contributed by atoms with Gasteiger partial charge in [0.2, 0.25) is 0 Å². The lowest BCUT2D eigenvalue weighted by Crippen LogP contribution is -2.51. The number of Topliss-reactive ketones (excluding diaryl/α,β-unsaturated/α-hetero) is 1. The first-order chi connectivity index (χ1) is 7.66. The summed E-state index contributed by atoms with van der Waals surface area (Å²) in [5.74, 6) is 0.335. The lowest BCUT2D eigenvalue weighted by molar-refractivity contribution is -0.122. The number of carboxylic acid groups (broad SMARTS) is 1. The second-order valence-electron chi connectivity index (χ2n) is 4.60. The van der Waals surface area contributed by atoms with Crippen LogP contribution in [-0.2, 0) is 4.79 Å². The van der Waals surface area contributed by atoms with Crippen LogP contribution in [0.4, 0.5) is 4.79 Å². The maximum atomic E-state index is 11.1. The van der Waals surface area contributed by atoms with Gasteiger partial charge in [0, 0.05) is 45.1 Å². The van der Waals surface area contributed by atoms with Crippen molar-refractivity contribution in [2.75, 3.05) is 26.2 Å². The molecule has 1 atom stereocenters. The summed E-state index contributed by atoms with van der Waals surface area (Å²) in [5, 5.41) is 8.95. The van der Waals surface area contributed by atoms with E-state index < -0.39 is 6.09 Å². The molecule has 16 heavy (non-hydrogen) atoms. The molecule has 0 radical (unpaired) electrons. The van der Waals surface area contributed by atoms with Crippen molar-refractivity contribution in [2.45, 2.75) is 31.7 Å². The summed E-state index contributed by atoms with van der Waals surface area (Å²) in [4.78, 5) is 25.8. The summed E-state index contributed by atoms with van der Waals surface area (Å²) in [5.41, 5.74) is 0. The van der Waals surface area contributed by atoms with E-state index in [1.807, 2.05) is 0 Å². The Balaban J connectivity index is 1.89. The normalized spacial score (nSPS) is 28.1. The highest BCUT2D eigenvalue weighted by atomic mass is 16.4. The minimum absolute atomic E-state index is 0.318. The van der Waals surface area contributed by atoms with Crippen LogP contribution >= 0.6 is 0 Å². The molecule has 0 aromatic carbocycles. The Labute approximate surface area is 95.0 Å². The molecular formula is C11H18N2O3. The van der Waals surface area contributed by atoms with Gasteiger partial charge >= 0.3 is 6.09 Å². The highest BCUT2D eigenvalue weighted by Crippen LogP contribution is 2.19. The summed E-state index contributed by atoms with van der Waals surface area (Å²) < 4.78 is 0. The Hall–Kier alpha value is -1.10. The zero-order chi connectivity index (χ0) is 11.5. The van der Waals surface area contributed by atoms with Gasteiger partial charge in [0.05, 0.1) is 0 Å². The van der Waals surface area contributed by atoms with Crippen LogP contribution in [0.1, 0.15) is 25.7 Å². The third kappa shape index (κ3) is 2.52. The van der Waals surface area contributed by atoms with E-state index in [1.54, 1.807) is 0 Å². The summed E-state index contributed by atoms with van der Waals surface area (Å²) >= 11 is 0. The molecule has 1 N–H and O–H groups in total. The molecule has 0 aromatic heterocycles. The summed E-state index contributed by atoms with van der Waals surface area (Å²) in [6.45, 7) is 2.86. The number of rotatable bonds is 1. The third-order valence-corrected chi connectivity index (χ3v) is 3.54. The summed E-state index contributed by atoms with van der Waals surface area (Å²) in [6, 6.07) is 0.318. The standard InChI is InChI=1S/C11H18N2O3/c14-10-3-6-12(7-4-10)9-2-1-5-13(8-9)11(15)16/h9H,1-8H2,(H,15,16)/t9-/m0/s1. The van der Waals surface area contributed by atoms with Gasteiger partial charge in [-0.3, -0.25) is 9.69 Å². The molecule has 1 amide bonds. The van der Waals surface area contributed by atoms with E-state index in [-0.39, 0.29) is 0 Å². The number of hydrogen-bond acceptors (Lipinski definition) is 3. The Morgan fingerprint density at radius 3 is 2.56 bits per heavy atom. The van der Waals surface area contributed by atoms with Crippen molar-refractivity contribution in [3.05, 3.63) is 0 Å². The number of hydrogen-bond donors (Lipinski definition) is 1. The number of carbonyl (C=O) groups excluding carboxylic acids is 1. The summed E-state index contributed by atoms with van der Waals surface area (Å²) in [7, 11) is 0. The number of ketones is 1. The maximum absolute atomic E-state index is 11.1.